The van der Waals surface area contributed by atoms with Gasteiger partial charge in [-0.15, -0.1) is 0 Å². The molecule has 0 fully saturated rings. The number of nitro benzene ring substituents is 1. The molecule has 0 bridgehead atoms. The summed E-state index contributed by atoms with van der Waals surface area (Å²) in [5, 5.41) is 14.6. The number of nitrogens with one attached hydrogen (secondary N) is 1. The van der Waals surface area contributed by atoms with Crippen LogP contribution in [0.5, 0.6) is 0 Å². The van der Waals surface area contributed by atoms with Gasteiger partial charge >= 0.3 is 0 Å². The van der Waals surface area contributed by atoms with Crippen LogP contribution in [0.4, 0.5) is 15.8 Å². The first-order valence-corrected chi connectivity index (χ1v) is 5.67. The number of anilines is 1. The van der Waals surface area contributed by atoms with Gasteiger partial charge in [0.25, 0.3) is 5.69 Å². The highest BCUT2D eigenvalue weighted by atomic mass is 19.1. The molecule has 20 heavy (non-hydrogen) atoms. The lowest BCUT2D eigenvalue weighted by atomic mass is 10.2. The third-order valence-corrected chi connectivity index (χ3v) is 2.55. The molecule has 0 spiro atoms. The monoisotopic (exact) mass is 274 g/mol. The molecule has 0 aliphatic heterocycles. The van der Waals surface area contributed by atoms with Crippen LogP contribution in [0.1, 0.15) is 5.56 Å². The average molecular weight is 274 g/mol. The zero-order chi connectivity index (χ0) is 14.5. The number of rotatable bonds is 4. The van der Waals surface area contributed by atoms with E-state index in [9.17, 15) is 14.5 Å². The van der Waals surface area contributed by atoms with Crippen LogP contribution < -0.4 is 11.2 Å². The van der Waals surface area contributed by atoms with E-state index >= 15 is 0 Å². The highest BCUT2D eigenvalue weighted by Crippen LogP contribution is 2.23. The van der Waals surface area contributed by atoms with Crippen molar-refractivity contribution in [3.8, 4) is 0 Å². The summed E-state index contributed by atoms with van der Waals surface area (Å²) in [5.74, 6) is -0.612. The fourth-order valence-corrected chi connectivity index (χ4v) is 1.58. The molecule has 2 aromatic carbocycles. The number of hydrogen-bond acceptors (Lipinski definition) is 4. The molecule has 6 nitrogen and oxygen atoms in total. The molecular weight excluding hydrogens is 263 g/mol. The second-order valence-electron chi connectivity index (χ2n) is 3.86. The van der Waals surface area contributed by atoms with Gasteiger partial charge in [0.15, 0.2) is 5.84 Å². The van der Waals surface area contributed by atoms with E-state index in [-0.39, 0.29) is 22.8 Å². The van der Waals surface area contributed by atoms with E-state index in [4.69, 9.17) is 5.73 Å². The standard InChI is InChI=1S/C13H11FN4O2/c14-10-6-2-1-5-9(10)13(15)17-16-11-7-3-4-8-12(11)18(19)20/h1-8,16H,(H2,15,17). The van der Waals surface area contributed by atoms with Gasteiger partial charge in [0.2, 0.25) is 0 Å². The van der Waals surface area contributed by atoms with E-state index < -0.39 is 10.7 Å². The summed E-state index contributed by atoms with van der Waals surface area (Å²) in [4.78, 5) is 10.3. The fourth-order valence-electron chi connectivity index (χ4n) is 1.58. The maximum absolute atomic E-state index is 13.5. The summed E-state index contributed by atoms with van der Waals surface area (Å²) < 4.78 is 13.5. The second kappa shape index (κ2) is 5.79. The third kappa shape index (κ3) is 2.89. The van der Waals surface area contributed by atoms with E-state index in [1.807, 2.05) is 0 Å². The minimum Gasteiger partial charge on any atom is -0.382 e. The van der Waals surface area contributed by atoms with Gasteiger partial charge in [-0.1, -0.05) is 24.3 Å². The lowest BCUT2D eigenvalue weighted by Gasteiger charge is -2.04. The Hall–Kier alpha value is -2.96. The van der Waals surface area contributed by atoms with Crippen molar-refractivity contribution >= 4 is 17.2 Å². The van der Waals surface area contributed by atoms with E-state index in [0.717, 1.165) is 0 Å². The number of halogens is 1. The number of nitro groups is 1. The van der Waals surface area contributed by atoms with Gasteiger partial charge in [-0.3, -0.25) is 15.5 Å². The highest BCUT2D eigenvalue weighted by molar-refractivity contribution is 5.98. The molecule has 102 valence electrons. The SMILES string of the molecule is N/C(=N/Nc1ccccc1[N+](=O)[O-])c1ccccc1F. The van der Waals surface area contributed by atoms with Crippen molar-refractivity contribution in [3.63, 3.8) is 0 Å². The van der Waals surface area contributed by atoms with Crippen LogP contribution in [0, 0.1) is 15.9 Å². The Bertz CT molecular complexity index is 673. The quantitative estimate of drug-likeness (QED) is 0.387. The van der Waals surface area contributed by atoms with Crippen LogP contribution in [-0.2, 0) is 0 Å². The van der Waals surface area contributed by atoms with Crippen LogP contribution in [0.15, 0.2) is 53.6 Å². The summed E-state index contributed by atoms with van der Waals surface area (Å²) in [6.45, 7) is 0. The largest absolute Gasteiger partial charge is 0.382 e. The lowest BCUT2D eigenvalue weighted by molar-refractivity contribution is -0.384. The number of benzene rings is 2. The normalized spacial score (nSPS) is 11.2. The predicted molar refractivity (Wildman–Crippen MR) is 73.8 cm³/mol. The molecule has 0 unspecified atom stereocenters. The Kier molecular flexibility index (Phi) is 3.90. The first-order chi connectivity index (χ1) is 9.59. The van der Waals surface area contributed by atoms with Crippen LogP contribution in [0.3, 0.4) is 0 Å². The number of nitrogens with zero attached hydrogens (tertiary/aromatic N) is 2. The van der Waals surface area contributed by atoms with Gasteiger partial charge in [-0.05, 0) is 18.2 Å². The van der Waals surface area contributed by atoms with E-state index in [0.29, 0.717) is 0 Å². The number of para-hydroxylation sites is 2. The molecule has 0 radical (unpaired) electrons. The summed E-state index contributed by atoms with van der Waals surface area (Å²) in [5.41, 5.74) is 8.28. The topological polar surface area (TPSA) is 93.5 Å². The molecule has 0 aromatic heterocycles. The summed E-state index contributed by atoms with van der Waals surface area (Å²) in [7, 11) is 0. The van der Waals surface area contributed by atoms with Crippen LogP contribution in [0.25, 0.3) is 0 Å². The smallest absolute Gasteiger partial charge is 0.294 e. The Labute approximate surface area is 113 Å². The molecule has 0 atom stereocenters. The van der Waals surface area contributed by atoms with Crippen LogP contribution >= 0.6 is 0 Å². The maximum Gasteiger partial charge on any atom is 0.294 e. The maximum atomic E-state index is 13.5. The van der Waals surface area contributed by atoms with Gasteiger partial charge in [0, 0.05) is 6.07 Å². The van der Waals surface area contributed by atoms with Crippen molar-refractivity contribution in [3.05, 3.63) is 70.0 Å². The fraction of sp³-hybridized carbons (Fsp3) is 0. The number of hydrogen-bond donors (Lipinski definition) is 2. The molecule has 2 aromatic rings. The minimum atomic E-state index is -0.544. The first-order valence-electron chi connectivity index (χ1n) is 5.67. The molecule has 0 saturated heterocycles. The molecule has 7 heteroatoms. The molecule has 0 aliphatic rings. The van der Waals surface area contributed by atoms with E-state index in [1.165, 1.54) is 36.4 Å². The Morgan fingerprint density at radius 2 is 1.85 bits per heavy atom. The third-order valence-electron chi connectivity index (χ3n) is 2.55. The van der Waals surface area contributed by atoms with Crippen LogP contribution in [0.2, 0.25) is 0 Å². The van der Waals surface area contributed by atoms with Crippen molar-refractivity contribution < 1.29 is 9.31 Å². The Morgan fingerprint density at radius 3 is 2.55 bits per heavy atom. The van der Waals surface area contributed by atoms with Crippen molar-refractivity contribution in [1.82, 2.24) is 0 Å². The zero-order valence-electron chi connectivity index (χ0n) is 10.3. The lowest BCUT2D eigenvalue weighted by Crippen LogP contribution is -2.17. The Balaban J connectivity index is 2.26. The number of hydrazone groups is 1. The first kappa shape index (κ1) is 13.5. The predicted octanol–water partition coefficient (Wildman–Crippen LogP) is 2.47. The summed E-state index contributed by atoms with van der Waals surface area (Å²) >= 11 is 0. The molecule has 0 aliphatic carbocycles. The van der Waals surface area contributed by atoms with Crippen molar-refractivity contribution in [2.45, 2.75) is 0 Å². The summed E-state index contributed by atoms with van der Waals surface area (Å²) in [6.07, 6.45) is 0. The molecular formula is C13H11FN4O2. The zero-order valence-corrected chi connectivity index (χ0v) is 10.3. The number of nitrogens with two attached hydrogens (primary N) is 1. The molecule has 3 N–H and O–H groups in total. The molecule has 0 saturated carbocycles. The van der Waals surface area contributed by atoms with Gasteiger partial charge in [0.1, 0.15) is 11.5 Å². The van der Waals surface area contributed by atoms with E-state index in [2.05, 4.69) is 10.5 Å². The van der Waals surface area contributed by atoms with Gasteiger partial charge in [-0.2, -0.15) is 5.10 Å². The van der Waals surface area contributed by atoms with Crippen LogP contribution in [-0.4, -0.2) is 10.8 Å². The van der Waals surface area contributed by atoms with Crippen molar-refractivity contribution in [1.29, 1.82) is 0 Å². The van der Waals surface area contributed by atoms with Gasteiger partial charge < -0.3 is 5.73 Å². The highest BCUT2D eigenvalue weighted by Gasteiger charge is 2.12. The number of amidine groups is 1. The van der Waals surface area contributed by atoms with Gasteiger partial charge in [-0.25, -0.2) is 4.39 Å². The van der Waals surface area contributed by atoms with Gasteiger partial charge in [0.05, 0.1) is 10.5 Å². The minimum absolute atomic E-state index is 0.0961. The summed E-state index contributed by atoms with van der Waals surface area (Å²) in [6, 6.07) is 11.8. The second-order valence-corrected chi connectivity index (χ2v) is 3.86. The molecule has 2 rings (SSSR count). The molecule has 0 amide bonds. The molecule has 0 heterocycles. The van der Waals surface area contributed by atoms with E-state index in [1.54, 1.807) is 12.1 Å². The van der Waals surface area contributed by atoms with Crippen molar-refractivity contribution in [2.24, 2.45) is 10.8 Å². The van der Waals surface area contributed by atoms with Crippen molar-refractivity contribution in [2.75, 3.05) is 5.43 Å². The average Bonchev–Trinajstić information content (AvgIpc) is 2.45. The Morgan fingerprint density at radius 1 is 1.20 bits per heavy atom.